The maximum absolute atomic E-state index is 12.0. The van der Waals surface area contributed by atoms with Crippen LogP contribution < -0.4 is 16.6 Å². The van der Waals surface area contributed by atoms with Gasteiger partial charge in [-0.1, -0.05) is 0 Å². The summed E-state index contributed by atoms with van der Waals surface area (Å²) < 4.78 is 1.68. The normalized spacial score (nSPS) is 17.2. The van der Waals surface area contributed by atoms with Gasteiger partial charge in [0.05, 0.1) is 0 Å². The fraction of sp³-hybridized carbons (Fsp3) is 0.667. The Morgan fingerprint density at radius 1 is 1.59 bits per heavy atom. The lowest BCUT2D eigenvalue weighted by molar-refractivity contribution is 0.549. The van der Waals surface area contributed by atoms with Gasteiger partial charge in [-0.15, -0.1) is 0 Å². The van der Waals surface area contributed by atoms with Crippen molar-refractivity contribution in [2.75, 3.05) is 18.4 Å². The molecule has 0 atom stereocenters. The summed E-state index contributed by atoms with van der Waals surface area (Å²) in [5.41, 5.74) is 5.85. The fourth-order valence-corrected chi connectivity index (χ4v) is 1.85. The molecule has 0 bridgehead atoms. The Kier molecular flexibility index (Phi) is 3.19. The van der Waals surface area contributed by atoms with Crippen LogP contribution in [-0.4, -0.2) is 22.6 Å². The first-order chi connectivity index (χ1) is 8.08. The van der Waals surface area contributed by atoms with Gasteiger partial charge in [0.2, 0.25) is 0 Å². The predicted octanol–water partition coefficient (Wildman–Crippen LogP) is 0.975. The third-order valence-electron chi connectivity index (χ3n) is 3.45. The van der Waals surface area contributed by atoms with E-state index in [1.165, 1.54) is 0 Å². The summed E-state index contributed by atoms with van der Waals surface area (Å²) in [6.45, 7) is 5.37. The minimum atomic E-state index is -0.0599. The van der Waals surface area contributed by atoms with E-state index in [9.17, 15) is 4.79 Å². The topological polar surface area (TPSA) is 72.9 Å². The van der Waals surface area contributed by atoms with Gasteiger partial charge in [-0.25, -0.2) is 4.98 Å². The zero-order valence-corrected chi connectivity index (χ0v) is 10.4. The van der Waals surface area contributed by atoms with Crippen LogP contribution >= 0.6 is 0 Å². The number of nitrogens with one attached hydrogen (secondary N) is 1. The molecule has 2 rings (SSSR count). The van der Waals surface area contributed by atoms with Crippen LogP contribution in [0.15, 0.2) is 17.2 Å². The van der Waals surface area contributed by atoms with E-state index in [1.54, 1.807) is 17.0 Å². The Hall–Kier alpha value is -1.36. The maximum Gasteiger partial charge on any atom is 0.293 e. The lowest BCUT2D eigenvalue weighted by atomic mass is 10.1. The van der Waals surface area contributed by atoms with Gasteiger partial charge in [0.25, 0.3) is 5.56 Å². The van der Waals surface area contributed by atoms with Crippen molar-refractivity contribution in [3.63, 3.8) is 0 Å². The quantitative estimate of drug-likeness (QED) is 0.799. The van der Waals surface area contributed by atoms with E-state index in [4.69, 9.17) is 5.73 Å². The fourth-order valence-electron chi connectivity index (χ4n) is 1.85. The number of hydrogen-bond donors (Lipinski definition) is 2. The second kappa shape index (κ2) is 4.49. The molecule has 0 saturated heterocycles. The van der Waals surface area contributed by atoms with Crippen LogP contribution in [0.3, 0.4) is 0 Å². The highest BCUT2D eigenvalue weighted by atomic mass is 16.1. The molecule has 1 heterocycles. The lowest BCUT2D eigenvalue weighted by Crippen LogP contribution is -2.30. The third-order valence-corrected chi connectivity index (χ3v) is 3.45. The van der Waals surface area contributed by atoms with E-state index in [0.717, 1.165) is 19.4 Å². The zero-order valence-electron chi connectivity index (χ0n) is 10.4. The molecule has 0 amide bonds. The molecule has 1 fully saturated rings. The number of nitrogens with two attached hydrogens (primary N) is 1. The van der Waals surface area contributed by atoms with E-state index in [0.29, 0.717) is 12.4 Å². The van der Waals surface area contributed by atoms with Gasteiger partial charge in [-0.05, 0) is 38.6 Å². The molecule has 5 heteroatoms. The molecule has 0 radical (unpaired) electrons. The van der Waals surface area contributed by atoms with E-state index >= 15 is 0 Å². The highest BCUT2D eigenvalue weighted by Gasteiger charge is 2.41. The average Bonchev–Trinajstić information content (AvgIpc) is 3.08. The summed E-state index contributed by atoms with van der Waals surface area (Å²) in [6, 6.07) is 0.149. The van der Waals surface area contributed by atoms with Gasteiger partial charge in [0.15, 0.2) is 5.82 Å². The molecule has 94 valence electrons. The van der Waals surface area contributed by atoms with Crippen LogP contribution in [0.25, 0.3) is 0 Å². The molecule has 0 unspecified atom stereocenters. The predicted molar refractivity (Wildman–Crippen MR) is 68.1 cm³/mol. The molecular formula is C12H20N4O. The van der Waals surface area contributed by atoms with Crippen molar-refractivity contribution in [1.29, 1.82) is 0 Å². The van der Waals surface area contributed by atoms with Crippen LogP contribution in [0.5, 0.6) is 0 Å². The van der Waals surface area contributed by atoms with Crippen molar-refractivity contribution >= 4 is 5.82 Å². The van der Waals surface area contributed by atoms with E-state index in [2.05, 4.69) is 10.3 Å². The molecule has 5 nitrogen and oxygen atoms in total. The summed E-state index contributed by atoms with van der Waals surface area (Å²) in [5.74, 6) is 0.431. The SMILES string of the molecule is CC(C)n1ccnc(NCC2(CN)CC2)c1=O. The molecule has 0 spiro atoms. The van der Waals surface area contributed by atoms with Crippen LogP contribution in [0.2, 0.25) is 0 Å². The van der Waals surface area contributed by atoms with Crippen molar-refractivity contribution < 1.29 is 0 Å². The first-order valence-corrected chi connectivity index (χ1v) is 6.09. The zero-order chi connectivity index (χ0) is 12.5. The molecule has 0 aliphatic heterocycles. The van der Waals surface area contributed by atoms with Gasteiger partial charge >= 0.3 is 0 Å². The Morgan fingerprint density at radius 2 is 2.29 bits per heavy atom. The molecule has 3 N–H and O–H groups in total. The monoisotopic (exact) mass is 236 g/mol. The van der Waals surface area contributed by atoms with Crippen LogP contribution in [0, 0.1) is 5.41 Å². The van der Waals surface area contributed by atoms with Gasteiger partial charge in [-0.3, -0.25) is 4.79 Å². The summed E-state index contributed by atoms with van der Waals surface area (Å²) >= 11 is 0. The molecular weight excluding hydrogens is 216 g/mol. The molecule has 1 saturated carbocycles. The molecule has 17 heavy (non-hydrogen) atoms. The maximum atomic E-state index is 12.0. The van der Waals surface area contributed by atoms with Crippen molar-refractivity contribution in [3.05, 3.63) is 22.7 Å². The second-order valence-corrected chi connectivity index (χ2v) is 5.14. The van der Waals surface area contributed by atoms with E-state index in [-0.39, 0.29) is 17.0 Å². The summed E-state index contributed by atoms with van der Waals surface area (Å²) in [6.07, 6.45) is 5.66. The average molecular weight is 236 g/mol. The van der Waals surface area contributed by atoms with Crippen LogP contribution in [0.4, 0.5) is 5.82 Å². The number of anilines is 1. The van der Waals surface area contributed by atoms with Gasteiger partial charge in [0, 0.05) is 25.0 Å². The molecule has 0 aromatic carbocycles. The highest BCUT2D eigenvalue weighted by molar-refractivity contribution is 5.32. The summed E-state index contributed by atoms with van der Waals surface area (Å²) in [5, 5.41) is 3.14. The third kappa shape index (κ3) is 2.49. The van der Waals surface area contributed by atoms with Gasteiger partial charge in [-0.2, -0.15) is 0 Å². The number of aromatic nitrogens is 2. The smallest absolute Gasteiger partial charge is 0.293 e. The van der Waals surface area contributed by atoms with Gasteiger partial charge < -0.3 is 15.6 Å². The number of hydrogen-bond acceptors (Lipinski definition) is 4. The number of nitrogens with zero attached hydrogens (tertiary/aromatic N) is 2. The molecule has 1 aliphatic carbocycles. The Labute approximate surface area is 101 Å². The standard InChI is InChI=1S/C12H20N4O/c1-9(2)16-6-5-14-10(11(16)17)15-8-12(7-13)3-4-12/h5-6,9H,3-4,7-8,13H2,1-2H3,(H,14,15). The van der Waals surface area contributed by atoms with Gasteiger partial charge in [0.1, 0.15) is 0 Å². The Balaban J connectivity index is 2.11. The largest absolute Gasteiger partial charge is 0.365 e. The van der Waals surface area contributed by atoms with Crippen molar-refractivity contribution in [3.8, 4) is 0 Å². The van der Waals surface area contributed by atoms with Crippen molar-refractivity contribution in [1.82, 2.24) is 9.55 Å². The molecule has 1 aliphatic rings. The minimum absolute atomic E-state index is 0.0599. The molecule has 1 aromatic heterocycles. The van der Waals surface area contributed by atoms with E-state index < -0.39 is 0 Å². The van der Waals surface area contributed by atoms with Crippen molar-refractivity contribution in [2.24, 2.45) is 11.1 Å². The van der Waals surface area contributed by atoms with Crippen LogP contribution in [-0.2, 0) is 0 Å². The second-order valence-electron chi connectivity index (χ2n) is 5.14. The van der Waals surface area contributed by atoms with Crippen LogP contribution in [0.1, 0.15) is 32.7 Å². The first-order valence-electron chi connectivity index (χ1n) is 6.09. The van der Waals surface area contributed by atoms with E-state index in [1.807, 2.05) is 13.8 Å². The Morgan fingerprint density at radius 3 is 2.82 bits per heavy atom. The highest BCUT2D eigenvalue weighted by Crippen LogP contribution is 2.44. The molecule has 1 aromatic rings. The lowest BCUT2D eigenvalue weighted by Gasteiger charge is -2.15. The van der Waals surface area contributed by atoms with Crippen molar-refractivity contribution in [2.45, 2.75) is 32.7 Å². The summed E-state index contributed by atoms with van der Waals surface area (Å²) in [4.78, 5) is 16.1. The first kappa shape index (κ1) is 12.1. The summed E-state index contributed by atoms with van der Waals surface area (Å²) in [7, 11) is 0. The number of rotatable bonds is 5. The minimum Gasteiger partial charge on any atom is -0.365 e. The Bertz CT molecular complexity index is 448.